The Bertz CT molecular complexity index is 203. The Kier molecular flexibility index (Phi) is 5.30. The summed E-state index contributed by atoms with van der Waals surface area (Å²) in [4.78, 5) is 2.57. The molecule has 0 radical (unpaired) electrons. The third kappa shape index (κ3) is 3.96. The molecule has 0 aromatic carbocycles. The van der Waals surface area contributed by atoms with Crippen molar-refractivity contribution in [1.82, 2.24) is 10.2 Å². The van der Waals surface area contributed by atoms with Gasteiger partial charge in [0.25, 0.3) is 0 Å². The first-order chi connectivity index (χ1) is 8.29. The molecule has 1 N–H and O–H groups in total. The van der Waals surface area contributed by atoms with Crippen LogP contribution in [0.4, 0.5) is 0 Å². The topological polar surface area (TPSA) is 15.3 Å². The minimum atomic E-state index is 0.744. The molecule has 1 heterocycles. The lowest BCUT2D eigenvalue weighted by Crippen LogP contribution is -2.47. The first-order valence-corrected chi connectivity index (χ1v) is 7.78. The summed E-state index contributed by atoms with van der Waals surface area (Å²) in [5.41, 5.74) is 0. The molecular weight excluding hydrogens is 208 g/mol. The normalized spacial score (nSPS) is 27.2. The number of hydrogen-bond donors (Lipinski definition) is 1. The minimum absolute atomic E-state index is 0.744. The van der Waals surface area contributed by atoms with Crippen LogP contribution in [0.2, 0.25) is 0 Å². The van der Waals surface area contributed by atoms with E-state index in [1.807, 2.05) is 0 Å². The van der Waals surface area contributed by atoms with Gasteiger partial charge in [0.05, 0.1) is 0 Å². The molecule has 0 aromatic rings. The van der Waals surface area contributed by atoms with Crippen molar-refractivity contribution in [2.45, 2.75) is 70.9 Å². The standard InChI is InChI=1S/C15H30N2/c1-3-17-11-9-15(10-12-17)16-13(2)14-7-5-4-6-8-14/h13-16H,3-12H2,1-2H3/t13-/m0/s1. The van der Waals surface area contributed by atoms with Crippen molar-refractivity contribution in [3.8, 4) is 0 Å². The zero-order valence-corrected chi connectivity index (χ0v) is 11.8. The highest BCUT2D eigenvalue weighted by molar-refractivity contribution is 4.83. The highest BCUT2D eigenvalue weighted by atomic mass is 15.1. The molecule has 1 saturated heterocycles. The third-order valence-corrected chi connectivity index (χ3v) is 4.89. The van der Waals surface area contributed by atoms with Gasteiger partial charge in [-0.2, -0.15) is 0 Å². The Hall–Kier alpha value is -0.0800. The van der Waals surface area contributed by atoms with Crippen molar-refractivity contribution in [1.29, 1.82) is 0 Å². The van der Waals surface area contributed by atoms with E-state index in [0.29, 0.717) is 0 Å². The van der Waals surface area contributed by atoms with Gasteiger partial charge >= 0.3 is 0 Å². The van der Waals surface area contributed by atoms with Gasteiger partial charge < -0.3 is 10.2 Å². The lowest BCUT2D eigenvalue weighted by atomic mass is 9.84. The van der Waals surface area contributed by atoms with Gasteiger partial charge in [0.2, 0.25) is 0 Å². The van der Waals surface area contributed by atoms with Crippen LogP contribution in [0.3, 0.4) is 0 Å². The van der Waals surface area contributed by atoms with E-state index >= 15 is 0 Å². The number of piperidine rings is 1. The van der Waals surface area contributed by atoms with Crippen LogP contribution in [0.25, 0.3) is 0 Å². The van der Waals surface area contributed by atoms with E-state index in [2.05, 4.69) is 24.1 Å². The predicted molar refractivity (Wildman–Crippen MR) is 74.3 cm³/mol. The molecule has 1 atom stereocenters. The average molecular weight is 238 g/mol. The molecule has 1 saturated carbocycles. The molecule has 1 aliphatic carbocycles. The maximum Gasteiger partial charge on any atom is 0.00940 e. The van der Waals surface area contributed by atoms with Crippen LogP contribution in [-0.4, -0.2) is 36.6 Å². The highest BCUT2D eigenvalue weighted by Crippen LogP contribution is 2.27. The fraction of sp³-hybridized carbons (Fsp3) is 1.00. The maximum absolute atomic E-state index is 3.91. The number of rotatable bonds is 4. The molecule has 2 rings (SSSR count). The number of nitrogens with zero attached hydrogens (tertiary/aromatic N) is 1. The Balaban J connectivity index is 1.69. The third-order valence-electron chi connectivity index (χ3n) is 4.89. The first-order valence-electron chi connectivity index (χ1n) is 7.78. The van der Waals surface area contributed by atoms with E-state index < -0.39 is 0 Å². The van der Waals surface area contributed by atoms with E-state index in [4.69, 9.17) is 0 Å². The monoisotopic (exact) mass is 238 g/mol. The Morgan fingerprint density at radius 2 is 1.71 bits per heavy atom. The van der Waals surface area contributed by atoms with Gasteiger partial charge in [0, 0.05) is 12.1 Å². The molecule has 17 heavy (non-hydrogen) atoms. The molecule has 0 bridgehead atoms. The summed E-state index contributed by atoms with van der Waals surface area (Å²) in [6.07, 6.45) is 10.0. The van der Waals surface area contributed by atoms with E-state index in [1.165, 1.54) is 64.6 Å². The second-order valence-electron chi connectivity index (χ2n) is 6.06. The fourth-order valence-corrected chi connectivity index (χ4v) is 3.56. The van der Waals surface area contributed by atoms with Gasteiger partial charge in [-0.1, -0.05) is 26.2 Å². The zero-order chi connectivity index (χ0) is 12.1. The molecule has 100 valence electrons. The van der Waals surface area contributed by atoms with Crippen LogP contribution in [0.1, 0.15) is 58.8 Å². The average Bonchev–Trinajstić information content (AvgIpc) is 2.40. The van der Waals surface area contributed by atoms with Crippen molar-refractivity contribution >= 4 is 0 Å². The molecule has 2 fully saturated rings. The van der Waals surface area contributed by atoms with Crippen molar-refractivity contribution in [3.05, 3.63) is 0 Å². The molecular formula is C15H30N2. The van der Waals surface area contributed by atoms with E-state index in [0.717, 1.165) is 18.0 Å². The van der Waals surface area contributed by atoms with Gasteiger partial charge in [-0.25, -0.2) is 0 Å². The predicted octanol–water partition coefficient (Wildman–Crippen LogP) is 3.03. The minimum Gasteiger partial charge on any atom is -0.311 e. The van der Waals surface area contributed by atoms with Crippen LogP contribution < -0.4 is 5.32 Å². The molecule has 0 aromatic heterocycles. The van der Waals surface area contributed by atoms with Crippen molar-refractivity contribution < 1.29 is 0 Å². The zero-order valence-electron chi connectivity index (χ0n) is 11.8. The van der Waals surface area contributed by atoms with Crippen LogP contribution in [0.15, 0.2) is 0 Å². The molecule has 0 unspecified atom stereocenters. The number of nitrogens with one attached hydrogen (secondary N) is 1. The molecule has 1 aliphatic heterocycles. The van der Waals surface area contributed by atoms with Gasteiger partial charge in [0.1, 0.15) is 0 Å². The van der Waals surface area contributed by atoms with Crippen molar-refractivity contribution in [2.24, 2.45) is 5.92 Å². The fourth-order valence-electron chi connectivity index (χ4n) is 3.56. The molecule has 2 heteroatoms. The molecule has 0 amide bonds. The lowest BCUT2D eigenvalue weighted by Gasteiger charge is -2.36. The van der Waals surface area contributed by atoms with E-state index in [9.17, 15) is 0 Å². The van der Waals surface area contributed by atoms with Gasteiger partial charge in [0.15, 0.2) is 0 Å². The van der Waals surface area contributed by atoms with Gasteiger partial charge in [-0.15, -0.1) is 0 Å². The first kappa shape index (κ1) is 13.4. The Morgan fingerprint density at radius 3 is 2.29 bits per heavy atom. The highest BCUT2D eigenvalue weighted by Gasteiger charge is 2.24. The summed E-state index contributed by atoms with van der Waals surface area (Å²) < 4.78 is 0. The van der Waals surface area contributed by atoms with Gasteiger partial charge in [-0.3, -0.25) is 0 Å². The Labute approximate surface area is 107 Å². The van der Waals surface area contributed by atoms with Crippen LogP contribution in [0.5, 0.6) is 0 Å². The van der Waals surface area contributed by atoms with E-state index in [1.54, 1.807) is 0 Å². The SMILES string of the molecule is CCN1CCC(N[C@@H](C)C2CCCCC2)CC1. The second-order valence-corrected chi connectivity index (χ2v) is 6.06. The van der Waals surface area contributed by atoms with Crippen molar-refractivity contribution in [2.75, 3.05) is 19.6 Å². The summed E-state index contributed by atoms with van der Waals surface area (Å²) in [6, 6.07) is 1.53. The summed E-state index contributed by atoms with van der Waals surface area (Å²) in [5.74, 6) is 0.952. The van der Waals surface area contributed by atoms with E-state index in [-0.39, 0.29) is 0 Å². The second kappa shape index (κ2) is 6.75. The van der Waals surface area contributed by atoms with Crippen LogP contribution in [-0.2, 0) is 0 Å². The summed E-state index contributed by atoms with van der Waals surface area (Å²) in [5, 5.41) is 3.91. The summed E-state index contributed by atoms with van der Waals surface area (Å²) in [7, 11) is 0. The molecule has 0 spiro atoms. The lowest BCUT2D eigenvalue weighted by molar-refractivity contribution is 0.182. The largest absolute Gasteiger partial charge is 0.311 e. The smallest absolute Gasteiger partial charge is 0.00940 e. The quantitative estimate of drug-likeness (QED) is 0.810. The van der Waals surface area contributed by atoms with Crippen molar-refractivity contribution in [3.63, 3.8) is 0 Å². The number of hydrogen-bond acceptors (Lipinski definition) is 2. The Morgan fingerprint density at radius 1 is 1.06 bits per heavy atom. The summed E-state index contributed by atoms with van der Waals surface area (Å²) in [6.45, 7) is 8.52. The number of likely N-dealkylation sites (tertiary alicyclic amines) is 1. The summed E-state index contributed by atoms with van der Waals surface area (Å²) >= 11 is 0. The van der Waals surface area contributed by atoms with Crippen LogP contribution in [0, 0.1) is 5.92 Å². The molecule has 2 nitrogen and oxygen atoms in total. The van der Waals surface area contributed by atoms with Gasteiger partial charge in [-0.05, 0) is 58.2 Å². The maximum atomic E-state index is 3.91. The molecule has 2 aliphatic rings. The van der Waals surface area contributed by atoms with Crippen LogP contribution >= 0.6 is 0 Å².